The number of carbonyl (C=O) groups is 1. The summed E-state index contributed by atoms with van der Waals surface area (Å²) in [6.07, 6.45) is -1.53. The predicted octanol–water partition coefficient (Wildman–Crippen LogP) is 3.08. The Labute approximate surface area is 169 Å². The molecule has 11 heteroatoms. The van der Waals surface area contributed by atoms with Gasteiger partial charge in [-0.1, -0.05) is 0 Å². The zero-order valence-electron chi connectivity index (χ0n) is 16.1. The number of halogens is 4. The number of rotatable bonds is 7. The molecule has 3 atom stereocenters. The van der Waals surface area contributed by atoms with Gasteiger partial charge in [-0.3, -0.25) is 9.78 Å². The van der Waals surface area contributed by atoms with Gasteiger partial charge in [-0.25, -0.2) is 32.5 Å². The lowest BCUT2D eigenvalue weighted by molar-refractivity contribution is 0.00386. The third-order valence-electron chi connectivity index (χ3n) is 4.57. The molecule has 0 radical (unpaired) electrons. The van der Waals surface area contributed by atoms with E-state index in [0.29, 0.717) is 0 Å². The lowest BCUT2D eigenvalue weighted by Crippen LogP contribution is -2.48. The van der Waals surface area contributed by atoms with E-state index < -0.39 is 43.0 Å². The molecule has 3 rings (SSSR count). The van der Waals surface area contributed by atoms with E-state index in [1.807, 2.05) is 0 Å². The van der Waals surface area contributed by atoms with Crippen molar-refractivity contribution in [1.82, 2.24) is 15.0 Å². The van der Waals surface area contributed by atoms with Gasteiger partial charge in [0.1, 0.15) is 29.4 Å². The molecular weight excluding hydrogens is 408 g/mol. The van der Waals surface area contributed by atoms with E-state index in [1.54, 1.807) is 0 Å². The number of aliphatic imine (C=N–C) groups is 1. The number of nitrogens with zero attached hydrogens (tertiary/aromatic N) is 4. The number of hydrogen-bond acceptors (Lipinski definition) is 7. The zero-order chi connectivity index (χ0) is 21.9. The Hall–Kier alpha value is -3.11. The average Bonchev–Trinajstić information content (AvgIpc) is 2.72. The first kappa shape index (κ1) is 21.6. The number of ketones is 1. The molecule has 0 fully saturated rings. The van der Waals surface area contributed by atoms with Crippen LogP contribution in [-0.4, -0.2) is 52.4 Å². The summed E-state index contributed by atoms with van der Waals surface area (Å²) in [5, 5.41) is 0. The van der Waals surface area contributed by atoms with Gasteiger partial charge in [-0.05, 0) is 19.1 Å². The first-order chi connectivity index (χ1) is 14.3. The van der Waals surface area contributed by atoms with Crippen molar-refractivity contribution in [2.24, 2.45) is 4.99 Å². The number of Topliss-reactive ketones (excluding diaryl/α,β-unsaturated/α-hetero) is 1. The van der Waals surface area contributed by atoms with Crippen molar-refractivity contribution >= 4 is 11.7 Å². The largest absolute Gasteiger partial charge is 0.472 e. The van der Waals surface area contributed by atoms with Gasteiger partial charge in [0.15, 0.2) is 24.0 Å². The standard InChI is InChI=1S/C19H18F4N4O3/c1-10-27-19(2,17(23)15(6-20)30-10)18-12(22)4-3-11(26-18)5-14(28)13-7-25-16(8-24-13)29-9-21/h3-4,7-8,15,17H,5-6,9H2,1-2H3/t15-,17+,19+/m1/s1. The normalized spacial score (nSPS) is 23.5. The van der Waals surface area contributed by atoms with Gasteiger partial charge in [0, 0.05) is 12.6 Å². The SMILES string of the molecule is CC1=N[C@](C)(c2nc(CC(=O)c3cnc(OCF)cn3)ccc2F)[C@@H](F)[C@@H](CF)O1. The summed E-state index contributed by atoms with van der Waals surface area (Å²) < 4.78 is 64.2. The Morgan fingerprint density at radius 3 is 2.67 bits per heavy atom. The van der Waals surface area contributed by atoms with Crippen molar-refractivity contribution in [1.29, 1.82) is 0 Å². The molecule has 1 aliphatic rings. The van der Waals surface area contributed by atoms with Crippen molar-refractivity contribution in [2.45, 2.75) is 38.1 Å². The first-order valence-corrected chi connectivity index (χ1v) is 8.91. The zero-order valence-corrected chi connectivity index (χ0v) is 16.1. The molecule has 0 N–H and O–H groups in total. The highest BCUT2D eigenvalue weighted by atomic mass is 19.1. The third-order valence-corrected chi connectivity index (χ3v) is 4.57. The smallest absolute Gasteiger partial charge is 0.234 e. The lowest BCUT2D eigenvalue weighted by Gasteiger charge is -2.37. The Bertz CT molecular complexity index is 957. The summed E-state index contributed by atoms with van der Waals surface area (Å²) in [5.74, 6) is -1.44. The number of pyridine rings is 1. The van der Waals surface area contributed by atoms with Crippen LogP contribution in [0, 0.1) is 5.82 Å². The van der Waals surface area contributed by atoms with E-state index in [1.165, 1.54) is 19.9 Å². The molecule has 2 aromatic heterocycles. The van der Waals surface area contributed by atoms with Gasteiger partial charge < -0.3 is 9.47 Å². The number of hydrogen-bond donors (Lipinski definition) is 0. The van der Waals surface area contributed by atoms with E-state index in [0.717, 1.165) is 18.5 Å². The van der Waals surface area contributed by atoms with Crippen molar-refractivity contribution in [3.8, 4) is 5.88 Å². The van der Waals surface area contributed by atoms with Gasteiger partial charge in [-0.15, -0.1) is 0 Å². The number of aromatic nitrogens is 3. The molecule has 7 nitrogen and oxygen atoms in total. The van der Waals surface area contributed by atoms with Crippen molar-refractivity contribution in [3.05, 3.63) is 47.4 Å². The first-order valence-electron chi connectivity index (χ1n) is 8.91. The van der Waals surface area contributed by atoms with Crippen LogP contribution in [0.2, 0.25) is 0 Å². The molecule has 30 heavy (non-hydrogen) atoms. The monoisotopic (exact) mass is 426 g/mol. The predicted molar refractivity (Wildman–Crippen MR) is 97.1 cm³/mol. The quantitative estimate of drug-likeness (QED) is 0.500. The van der Waals surface area contributed by atoms with Gasteiger partial charge in [0.25, 0.3) is 0 Å². The van der Waals surface area contributed by atoms with Crippen molar-refractivity contribution in [3.63, 3.8) is 0 Å². The Morgan fingerprint density at radius 2 is 2.03 bits per heavy atom. The molecule has 0 saturated heterocycles. The maximum atomic E-state index is 14.9. The Morgan fingerprint density at radius 1 is 1.27 bits per heavy atom. The molecule has 0 aromatic carbocycles. The van der Waals surface area contributed by atoms with Crippen LogP contribution in [0.3, 0.4) is 0 Å². The molecule has 3 heterocycles. The molecular formula is C19H18F4N4O3. The van der Waals surface area contributed by atoms with Gasteiger partial charge in [0.2, 0.25) is 12.7 Å². The molecule has 1 aliphatic heterocycles. The molecule has 0 bridgehead atoms. The van der Waals surface area contributed by atoms with Crippen LogP contribution in [0.4, 0.5) is 17.6 Å². The summed E-state index contributed by atoms with van der Waals surface area (Å²) in [4.78, 5) is 28.1. The summed E-state index contributed by atoms with van der Waals surface area (Å²) in [6.45, 7) is 0.491. The topological polar surface area (TPSA) is 86.6 Å². The van der Waals surface area contributed by atoms with Crippen LogP contribution >= 0.6 is 0 Å². The summed E-state index contributed by atoms with van der Waals surface area (Å²) >= 11 is 0. The number of alkyl halides is 3. The van der Waals surface area contributed by atoms with Crippen LogP contribution < -0.4 is 4.74 Å². The van der Waals surface area contributed by atoms with Gasteiger partial charge in [-0.2, -0.15) is 0 Å². The van der Waals surface area contributed by atoms with Crippen molar-refractivity contribution in [2.75, 3.05) is 13.5 Å². The highest BCUT2D eigenvalue weighted by molar-refractivity contribution is 5.95. The van der Waals surface area contributed by atoms with E-state index >= 15 is 0 Å². The summed E-state index contributed by atoms with van der Waals surface area (Å²) in [7, 11) is 0. The fourth-order valence-electron chi connectivity index (χ4n) is 3.13. The number of ether oxygens (including phenoxy) is 2. The highest BCUT2D eigenvalue weighted by Crippen LogP contribution is 2.38. The minimum Gasteiger partial charge on any atom is -0.472 e. The van der Waals surface area contributed by atoms with Crippen LogP contribution in [0.1, 0.15) is 35.7 Å². The molecule has 0 aliphatic carbocycles. The average molecular weight is 426 g/mol. The fraction of sp³-hybridized carbons (Fsp3) is 0.421. The maximum Gasteiger partial charge on any atom is 0.234 e. The number of carbonyl (C=O) groups excluding carboxylic acids is 1. The second-order valence-electron chi connectivity index (χ2n) is 6.72. The van der Waals surface area contributed by atoms with Crippen molar-refractivity contribution < 1.29 is 31.8 Å². The highest BCUT2D eigenvalue weighted by Gasteiger charge is 2.48. The van der Waals surface area contributed by atoms with Gasteiger partial charge in [0.05, 0.1) is 18.8 Å². The molecule has 0 amide bonds. The third kappa shape index (κ3) is 4.24. The molecule has 0 spiro atoms. The summed E-state index contributed by atoms with van der Waals surface area (Å²) in [5.41, 5.74) is -2.10. The second-order valence-corrected chi connectivity index (χ2v) is 6.72. The summed E-state index contributed by atoms with van der Waals surface area (Å²) in [6, 6.07) is 2.31. The van der Waals surface area contributed by atoms with Crippen LogP contribution in [0.5, 0.6) is 5.88 Å². The van der Waals surface area contributed by atoms with Gasteiger partial charge >= 0.3 is 0 Å². The molecule has 0 unspecified atom stereocenters. The lowest BCUT2D eigenvalue weighted by atomic mass is 9.87. The van der Waals surface area contributed by atoms with E-state index in [9.17, 15) is 22.4 Å². The Kier molecular flexibility index (Phi) is 6.28. The van der Waals surface area contributed by atoms with E-state index in [-0.39, 0.29) is 35.3 Å². The van der Waals surface area contributed by atoms with E-state index in [4.69, 9.17) is 4.74 Å². The minimum atomic E-state index is -1.99. The molecule has 0 saturated carbocycles. The van der Waals surface area contributed by atoms with Crippen LogP contribution in [-0.2, 0) is 16.7 Å². The fourth-order valence-corrected chi connectivity index (χ4v) is 3.13. The Balaban J connectivity index is 1.88. The molecule has 2 aromatic rings. The molecule has 160 valence electrons. The van der Waals surface area contributed by atoms with Crippen LogP contribution in [0.15, 0.2) is 29.5 Å². The minimum absolute atomic E-state index is 0.00240. The second kappa shape index (κ2) is 8.72. The maximum absolute atomic E-state index is 14.9. The van der Waals surface area contributed by atoms with Crippen LogP contribution in [0.25, 0.3) is 0 Å². The van der Waals surface area contributed by atoms with E-state index in [2.05, 4.69) is 24.7 Å².